The molecule has 0 fully saturated rings. The van der Waals surface area contributed by atoms with Crippen LogP contribution in [-0.4, -0.2) is 22.8 Å². The molecular formula is C14H16N2O2. The van der Waals surface area contributed by atoms with Crippen molar-refractivity contribution in [2.45, 2.75) is 20.3 Å². The summed E-state index contributed by atoms with van der Waals surface area (Å²) in [6, 6.07) is 10.1. The van der Waals surface area contributed by atoms with E-state index in [1.54, 1.807) is 6.92 Å². The first-order valence-corrected chi connectivity index (χ1v) is 5.97. The number of ether oxygens (including phenoxy) is 1. The molecule has 0 radical (unpaired) electrons. The topological polar surface area (TPSA) is 55.0 Å². The summed E-state index contributed by atoms with van der Waals surface area (Å²) in [6.45, 7) is 4.03. The maximum Gasteiger partial charge on any atom is 0.359 e. The summed E-state index contributed by atoms with van der Waals surface area (Å²) in [4.78, 5) is 11.6. The SMILES string of the molecule is CCOC(=O)c1n[nH]c(Cc2ccccc2)c1C. The van der Waals surface area contributed by atoms with Gasteiger partial charge in [-0.1, -0.05) is 30.3 Å². The van der Waals surface area contributed by atoms with Crippen LogP contribution in [0.4, 0.5) is 0 Å². The number of aromatic amines is 1. The van der Waals surface area contributed by atoms with Crippen LogP contribution >= 0.6 is 0 Å². The van der Waals surface area contributed by atoms with Crippen molar-refractivity contribution in [3.05, 3.63) is 52.8 Å². The summed E-state index contributed by atoms with van der Waals surface area (Å²) >= 11 is 0. The number of carbonyl (C=O) groups is 1. The number of rotatable bonds is 4. The molecule has 2 rings (SSSR count). The second kappa shape index (κ2) is 5.49. The number of nitrogens with one attached hydrogen (secondary N) is 1. The smallest absolute Gasteiger partial charge is 0.359 e. The average Bonchev–Trinajstić information content (AvgIpc) is 2.73. The van der Waals surface area contributed by atoms with Crippen molar-refractivity contribution in [3.8, 4) is 0 Å². The average molecular weight is 244 g/mol. The molecule has 0 atom stereocenters. The van der Waals surface area contributed by atoms with Gasteiger partial charge in [0.2, 0.25) is 0 Å². The normalized spacial score (nSPS) is 10.3. The summed E-state index contributed by atoms with van der Waals surface area (Å²) in [6.07, 6.45) is 0.735. The first-order valence-electron chi connectivity index (χ1n) is 5.97. The van der Waals surface area contributed by atoms with Crippen LogP contribution in [-0.2, 0) is 11.2 Å². The Kier molecular flexibility index (Phi) is 3.77. The van der Waals surface area contributed by atoms with Crippen LogP contribution in [0.1, 0.15) is 34.2 Å². The molecule has 0 aliphatic rings. The highest BCUT2D eigenvalue weighted by Gasteiger charge is 2.17. The van der Waals surface area contributed by atoms with Crippen LogP contribution < -0.4 is 0 Å². The van der Waals surface area contributed by atoms with Crippen LogP contribution in [0, 0.1) is 6.92 Å². The molecule has 4 nitrogen and oxygen atoms in total. The molecule has 18 heavy (non-hydrogen) atoms. The van der Waals surface area contributed by atoms with Crippen LogP contribution in [0.5, 0.6) is 0 Å². The van der Waals surface area contributed by atoms with Crippen molar-refractivity contribution >= 4 is 5.97 Å². The lowest BCUT2D eigenvalue weighted by atomic mass is 10.1. The van der Waals surface area contributed by atoms with Gasteiger partial charge in [0, 0.05) is 17.7 Å². The number of esters is 1. The summed E-state index contributed by atoms with van der Waals surface area (Å²) in [5.74, 6) is -0.370. The molecule has 4 heteroatoms. The van der Waals surface area contributed by atoms with E-state index in [9.17, 15) is 4.79 Å². The fourth-order valence-corrected chi connectivity index (χ4v) is 1.80. The zero-order valence-electron chi connectivity index (χ0n) is 10.6. The van der Waals surface area contributed by atoms with Gasteiger partial charge in [0.15, 0.2) is 5.69 Å². The molecular weight excluding hydrogens is 228 g/mol. The molecule has 1 aromatic carbocycles. The van der Waals surface area contributed by atoms with Gasteiger partial charge >= 0.3 is 5.97 Å². The van der Waals surface area contributed by atoms with Gasteiger partial charge < -0.3 is 4.74 Å². The number of hydrogen-bond donors (Lipinski definition) is 1. The molecule has 0 amide bonds. The molecule has 1 N–H and O–H groups in total. The third kappa shape index (κ3) is 2.59. The minimum Gasteiger partial charge on any atom is -0.461 e. The Morgan fingerprint density at radius 1 is 1.33 bits per heavy atom. The van der Waals surface area contributed by atoms with Crippen molar-refractivity contribution in [1.29, 1.82) is 0 Å². The van der Waals surface area contributed by atoms with E-state index in [2.05, 4.69) is 10.2 Å². The van der Waals surface area contributed by atoms with Gasteiger partial charge in [-0.2, -0.15) is 5.10 Å². The van der Waals surface area contributed by atoms with E-state index in [0.29, 0.717) is 12.3 Å². The van der Waals surface area contributed by atoms with Gasteiger partial charge in [-0.15, -0.1) is 0 Å². The Hall–Kier alpha value is -2.10. The number of carbonyl (C=O) groups excluding carboxylic acids is 1. The number of H-pyrrole nitrogens is 1. The zero-order chi connectivity index (χ0) is 13.0. The van der Waals surface area contributed by atoms with Crippen molar-refractivity contribution < 1.29 is 9.53 Å². The highest BCUT2D eigenvalue weighted by Crippen LogP contribution is 2.15. The molecule has 1 heterocycles. The third-order valence-corrected chi connectivity index (χ3v) is 2.80. The second-order valence-electron chi connectivity index (χ2n) is 4.06. The Balaban J connectivity index is 2.18. The molecule has 0 unspecified atom stereocenters. The Bertz CT molecular complexity index is 532. The van der Waals surface area contributed by atoms with Crippen molar-refractivity contribution in [3.63, 3.8) is 0 Å². The lowest BCUT2D eigenvalue weighted by Crippen LogP contribution is -2.06. The van der Waals surface area contributed by atoms with E-state index < -0.39 is 0 Å². The van der Waals surface area contributed by atoms with E-state index in [4.69, 9.17) is 4.74 Å². The van der Waals surface area contributed by atoms with E-state index in [0.717, 1.165) is 17.7 Å². The highest BCUT2D eigenvalue weighted by atomic mass is 16.5. The molecule has 0 aliphatic carbocycles. The lowest BCUT2D eigenvalue weighted by Gasteiger charge is -2.01. The summed E-state index contributed by atoms with van der Waals surface area (Å²) in [5, 5.41) is 6.94. The van der Waals surface area contributed by atoms with Gasteiger partial charge in [-0.3, -0.25) is 5.10 Å². The quantitative estimate of drug-likeness (QED) is 0.841. The van der Waals surface area contributed by atoms with Gasteiger partial charge in [0.1, 0.15) is 0 Å². The van der Waals surface area contributed by atoms with E-state index in [-0.39, 0.29) is 5.97 Å². The Labute approximate surface area is 106 Å². The van der Waals surface area contributed by atoms with Gasteiger partial charge in [0.25, 0.3) is 0 Å². The predicted octanol–water partition coefficient (Wildman–Crippen LogP) is 2.49. The van der Waals surface area contributed by atoms with Crippen LogP contribution in [0.15, 0.2) is 30.3 Å². The molecule has 1 aromatic heterocycles. The number of aromatic nitrogens is 2. The first kappa shape index (κ1) is 12.4. The van der Waals surface area contributed by atoms with Gasteiger partial charge in [-0.05, 0) is 19.4 Å². The fraction of sp³-hybridized carbons (Fsp3) is 0.286. The van der Waals surface area contributed by atoms with Crippen LogP contribution in [0.3, 0.4) is 0 Å². The highest BCUT2D eigenvalue weighted by molar-refractivity contribution is 5.89. The maximum absolute atomic E-state index is 11.6. The molecule has 0 aliphatic heterocycles. The second-order valence-corrected chi connectivity index (χ2v) is 4.06. The standard InChI is InChI=1S/C14H16N2O2/c1-3-18-14(17)13-10(2)12(15-16-13)9-11-7-5-4-6-8-11/h4-8H,3,9H2,1-2H3,(H,15,16). The van der Waals surface area contributed by atoms with Gasteiger partial charge in [0.05, 0.1) is 6.61 Å². The number of hydrogen-bond acceptors (Lipinski definition) is 3. The van der Waals surface area contributed by atoms with Crippen LogP contribution in [0.2, 0.25) is 0 Å². The molecule has 0 spiro atoms. The van der Waals surface area contributed by atoms with Crippen molar-refractivity contribution in [2.75, 3.05) is 6.61 Å². The van der Waals surface area contributed by atoms with Crippen molar-refractivity contribution in [1.82, 2.24) is 10.2 Å². The summed E-state index contributed by atoms with van der Waals surface area (Å²) < 4.78 is 4.95. The minimum atomic E-state index is -0.370. The first-order chi connectivity index (χ1) is 8.72. The van der Waals surface area contributed by atoms with E-state index >= 15 is 0 Å². The monoisotopic (exact) mass is 244 g/mol. The molecule has 0 saturated carbocycles. The zero-order valence-corrected chi connectivity index (χ0v) is 10.6. The fourth-order valence-electron chi connectivity index (χ4n) is 1.80. The minimum absolute atomic E-state index is 0.360. The number of benzene rings is 1. The lowest BCUT2D eigenvalue weighted by molar-refractivity contribution is 0.0518. The number of nitrogens with zero attached hydrogens (tertiary/aromatic N) is 1. The summed E-state index contributed by atoms with van der Waals surface area (Å²) in [7, 11) is 0. The predicted molar refractivity (Wildman–Crippen MR) is 68.5 cm³/mol. The molecule has 2 aromatic rings. The molecule has 94 valence electrons. The third-order valence-electron chi connectivity index (χ3n) is 2.80. The molecule has 0 saturated heterocycles. The summed E-state index contributed by atoms with van der Waals surface area (Å²) in [5.41, 5.74) is 3.36. The maximum atomic E-state index is 11.6. The Morgan fingerprint density at radius 2 is 2.06 bits per heavy atom. The molecule has 0 bridgehead atoms. The largest absolute Gasteiger partial charge is 0.461 e. The van der Waals surface area contributed by atoms with E-state index in [1.165, 1.54) is 5.56 Å². The van der Waals surface area contributed by atoms with Crippen LogP contribution in [0.25, 0.3) is 0 Å². The Morgan fingerprint density at radius 3 is 2.72 bits per heavy atom. The van der Waals surface area contributed by atoms with Gasteiger partial charge in [-0.25, -0.2) is 4.79 Å². The van der Waals surface area contributed by atoms with E-state index in [1.807, 2.05) is 37.3 Å². The van der Waals surface area contributed by atoms with Crippen molar-refractivity contribution in [2.24, 2.45) is 0 Å².